The Bertz CT molecular complexity index is 762. The molecule has 1 aliphatic rings. The number of carbonyl (C=O) groups is 1. The first-order valence-electron chi connectivity index (χ1n) is 8.26. The van der Waals surface area contributed by atoms with E-state index in [1.165, 1.54) is 0 Å². The number of anilines is 1. The first-order chi connectivity index (χ1) is 12.0. The zero-order chi connectivity index (χ0) is 17.8. The second kappa shape index (κ2) is 8.07. The monoisotopic (exact) mass is 407 g/mol. The Labute approximate surface area is 155 Å². The Morgan fingerprint density at radius 2 is 2.12 bits per heavy atom. The molecule has 0 aliphatic carbocycles. The van der Waals surface area contributed by atoms with E-state index in [9.17, 15) is 4.79 Å². The van der Waals surface area contributed by atoms with E-state index in [-0.39, 0.29) is 5.91 Å². The number of aromatic nitrogens is 2. The third-order valence-electron chi connectivity index (χ3n) is 4.03. The van der Waals surface area contributed by atoms with Gasteiger partial charge in [-0.1, -0.05) is 0 Å². The molecule has 1 aromatic heterocycles. The molecule has 0 radical (unpaired) electrons. The Hall–Kier alpha value is -1.77. The maximum Gasteiger partial charge on any atom is 0.251 e. The number of likely N-dealkylation sites (N-methyl/N-ethyl adjacent to an activating group) is 1. The van der Waals surface area contributed by atoms with E-state index in [1.54, 1.807) is 18.3 Å². The molecule has 1 amide bonds. The maximum absolute atomic E-state index is 12.3. The van der Waals surface area contributed by atoms with Crippen molar-refractivity contribution < 1.29 is 9.53 Å². The van der Waals surface area contributed by atoms with Crippen LogP contribution in [-0.4, -0.2) is 74.3 Å². The zero-order valence-corrected chi connectivity index (χ0v) is 16.0. The fourth-order valence-electron chi connectivity index (χ4n) is 2.64. The Kier molecular flexibility index (Phi) is 5.82. The van der Waals surface area contributed by atoms with Gasteiger partial charge >= 0.3 is 0 Å². The second-order valence-electron chi connectivity index (χ2n) is 6.21. The predicted octanol–water partition coefficient (Wildman–Crippen LogP) is 1.52. The van der Waals surface area contributed by atoms with Gasteiger partial charge in [-0.3, -0.25) is 9.78 Å². The first kappa shape index (κ1) is 18.0. The van der Waals surface area contributed by atoms with E-state index >= 15 is 0 Å². The number of nitrogens with zero attached hydrogens (tertiary/aromatic N) is 4. The van der Waals surface area contributed by atoms with E-state index in [4.69, 9.17) is 9.72 Å². The van der Waals surface area contributed by atoms with E-state index in [2.05, 4.69) is 31.1 Å². The highest BCUT2D eigenvalue weighted by molar-refractivity contribution is 9.10. The van der Waals surface area contributed by atoms with Gasteiger partial charge in [0.15, 0.2) is 0 Å². The number of carbonyl (C=O) groups excluding carboxylic acids is 1. The molecule has 8 heteroatoms. The minimum absolute atomic E-state index is 0.108. The van der Waals surface area contributed by atoms with Crippen molar-refractivity contribution >= 4 is 38.7 Å². The molecule has 2 aromatic rings. The molecule has 0 saturated carbocycles. The number of rotatable bonds is 5. The fraction of sp³-hybridized carbons (Fsp3) is 0.471. The van der Waals surface area contributed by atoms with Crippen molar-refractivity contribution in [3.63, 3.8) is 0 Å². The fourth-order valence-corrected chi connectivity index (χ4v) is 3.17. The summed E-state index contributed by atoms with van der Waals surface area (Å²) in [5.74, 6) is 0.725. The topological polar surface area (TPSA) is 70.6 Å². The van der Waals surface area contributed by atoms with Crippen LogP contribution >= 0.6 is 15.9 Å². The van der Waals surface area contributed by atoms with Gasteiger partial charge in [0.2, 0.25) is 0 Å². The molecule has 2 heterocycles. The third-order valence-corrected chi connectivity index (χ3v) is 4.64. The third kappa shape index (κ3) is 4.45. The lowest BCUT2D eigenvalue weighted by Crippen LogP contribution is -2.36. The number of hydrogen-bond acceptors (Lipinski definition) is 6. The normalized spacial score (nSPS) is 15.0. The van der Waals surface area contributed by atoms with Crippen molar-refractivity contribution in [2.75, 3.05) is 58.4 Å². The Balaban J connectivity index is 1.81. The summed E-state index contributed by atoms with van der Waals surface area (Å²) < 4.78 is 6.14. The molecule has 1 aromatic carbocycles. The summed E-state index contributed by atoms with van der Waals surface area (Å²) in [5, 5.41) is 2.91. The van der Waals surface area contributed by atoms with Crippen molar-refractivity contribution in [1.29, 1.82) is 0 Å². The minimum atomic E-state index is -0.108. The van der Waals surface area contributed by atoms with E-state index < -0.39 is 0 Å². The number of morpholine rings is 1. The van der Waals surface area contributed by atoms with Crippen LogP contribution in [0, 0.1) is 0 Å². The van der Waals surface area contributed by atoms with Crippen LogP contribution in [0.4, 0.5) is 5.82 Å². The number of halogens is 1. The molecule has 0 bridgehead atoms. The van der Waals surface area contributed by atoms with E-state index in [1.807, 2.05) is 19.0 Å². The van der Waals surface area contributed by atoms with Gasteiger partial charge in [-0.25, -0.2) is 4.98 Å². The molecule has 1 fully saturated rings. The van der Waals surface area contributed by atoms with Crippen LogP contribution in [0.15, 0.2) is 22.8 Å². The molecule has 25 heavy (non-hydrogen) atoms. The van der Waals surface area contributed by atoms with Crippen molar-refractivity contribution in [3.05, 3.63) is 28.4 Å². The minimum Gasteiger partial charge on any atom is -0.378 e. The van der Waals surface area contributed by atoms with Crippen LogP contribution in [0.25, 0.3) is 11.0 Å². The lowest BCUT2D eigenvalue weighted by atomic mass is 10.2. The first-order valence-corrected chi connectivity index (χ1v) is 9.06. The largest absolute Gasteiger partial charge is 0.378 e. The molecule has 134 valence electrons. The number of ether oxygens (including phenoxy) is 1. The van der Waals surface area contributed by atoms with Crippen molar-refractivity contribution in [3.8, 4) is 0 Å². The quantitative estimate of drug-likeness (QED) is 0.809. The highest BCUT2D eigenvalue weighted by Gasteiger charge is 2.16. The van der Waals surface area contributed by atoms with Crippen molar-refractivity contribution in [1.82, 2.24) is 20.2 Å². The molecule has 0 spiro atoms. The average Bonchev–Trinajstić information content (AvgIpc) is 2.61. The summed E-state index contributed by atoms with van der Waals surface area (Å²) >= 11 is 3.53. The van der Waals surface area contributed by atoms with Gasteiger partial charge in [-0.2, -0.15) is 0 Å². The zero-order valence-electron chi connectivity index (χ0n) is 14.5. The van der Waals surface area contributed by atoms with Gasteiger partial charge in [-0.05, 0) is 42.2 Å². The number of fused-ring (bicyclic) bond motifs is 1. The average molecular weight is 408 g/mol. The molecule has 0 unspecified atom stereocenters. The molecular formula is C17H22BrN5O2. The summed E-state index contributed by atoms with van der Waals surface area (Å²) in [6.45, 7) is 4.42. The number of amides is 1. The summed E-state index contributed by atoms with van der Waals surface area (Å²) in [6, 6.07) is 3.58. The summed E-state index contributed by atoms with van der Waals surface area (Å²) in [4.78, 5) is 25.7. The van der Waals surface area contributed by atoms with Crippen LogP contribution in [0.3, 0.4) is 0 Å². The van der Waals surface area contributed by atoms with Crippen LogP contribution in [0.5, 0.6) is 0 Å². The van der Waals surface area contributed by atoms with Crippen LogP contribution in [0.1, 0.15) is 10.4 Å². The summed E-state index contributed by atoms with van der Waals surface area (Å²) in [6.07, 6.45) is 1.76. The highest BCUT2D eigenvalue weighted by atomic mass is 79.9. The molecule has 7 nitrogen and oxygen atoms in total. The number of nitrogens with one attached hydrogen (secondary N) is 1. The van der Waals surface area contributed by atoms with E-state index in [0.717, 1.165) is 35.4 Å². The molecule has 1 N–H and O–H groups in total. The lowest BCUT2D eigenvalue weighted by molar-refractivity contribution is 0.0951. The standard InChI is InChI=1S/C17H22BrN5O2/c1-22(2)4-3-19-17(24)12-9-13(18)16-14(10-12)20-11-15(21-16)23-5-7-25-8-6-23/h9-11H,3-8H2,1-2H3,(H,19,24). The smallest absolute Gasteiger partial charge is 0.251 e. The van der Waals surface area contributed by atoms with Gasteiger partial charge < -0.3 is 19.9 Å². The van der Waals surface area contributed by atoms with Gasteiger partial charge in [-0.15, -0.1) is 0 Å². The van der Waals surface area contributed by atoms with Crippen LogP contribution in [0.2, 0.25) is 0 Å². The number of hydrogen-bond donors (Lipinski definition) is 1. The van der Waals surface area contributed by atoms with Gasteiger partial charge in [0.05, 0.1) is 24.9 Å². The van der Waals surface area contributed by atoms with E-state index in [0.29, 0.717) is 30.8 Å². The van der Waals surface area contributed by atoms with Gasteiger partial charge in [0, 0.05) is 36.2 Å². The van der Waals surface area contributed by atoms with Crippen LogP contribution < -0.4 is 10.2 Å². The highest BCUT2D eigenvalue weighted by Crippen LogP contribution is 2.25. The van der Waals surface area contributed by atoms with Gasteiger partial charge in [0.25, 0.3) is 5.91 Å². The molecule has 1 aliphatic heterocycles. The lowest BCUT2D eigenvalue weighted by Gasteiger charge is -2.27. The number of benzene rings is 1. The molecular weight excluding hydrogens is 386 g/mol. The Morgan fingerprint density at radius 1 is 1.36 bits per heavy atom. The molecule has 3 rings (SSSR count). The van der Waals surface area contributed by atoms with Crippen molar-refractivity contribution in [2.24, 2.45) is 0 Å². The van der Waals surface area contributed by atoms with Gasteiger partial charge in [0.1, 0.15) is 11.3 Å². The Morgan fingerprint density at radius 3 is 2.84 bits per heavy atom. The molecule has 1 saturated heterocycles. The SMILES string of the molecule is CN(C)CCNC(=O)c1cc(Br)c2nc(N3CCOCC3)cnc2c1. The van der Waals surface area contributed by atoms with Crippen LogP contribution in [-0.2, 0) is 4.74 Å². The second-order valence-corrected chi connectivity index (χ2v) is 7.07. The maximum atomic E-state index is 12.3. The summed E-state index contributed by atoms with van der Waals surface area (Å²) in [7, 11) is 3.95. The molecule has 0 atom stereocenters. The predicted molar refractivity (Wildman–Crippen MR) is 101 cm³/mol. The van der Waals surface area contributed by atoms with Crippen molar-refractivity contribution in [2.45, 2.75) is 0 Å². The summed E-state index contributed by atoms with van der Waals surface area (Å²) in [5.41, 5.74) is 2.03.